The second-order valence-corrected chi connectivity index (χ2v) is 4.73. The third kappa shape index (κ3) is 4.69. The molecule has 0 aliphatic carbocycles. The number of nitrogens with zero attached hydrogens (tertiary/aromatic N) is 1. The lowest BCUT2D eigenvalue weighted by molar-refractivity contribution is -0.0269. The van der Waals surface area contributed by atoms with Crippen LogP contribution in [-0.4, -0.2) is 22.3 Å². The van der Waals surface area contributed by atoms with Gasteiger partial charge in [-0.3, -0.25) is 4.98 Å². The fourth-order valence-corrected chi connectivity index (χ4v) is 1.37. The fourth-order valence-electron chi connectivity index (χ4n) is 0.953. The molecule has 78 valence electrons. The summed E-state index contributed by atoms with van der Waals surface area (Å²) < 4.78 is 6.26. The predicted molar refractivity (Wildman–Crippen MR) is 57.9 cm³/mol. The number of hydrogen-bond acceptors (Lipinski definition) is 3. The first-order chi connectivity index (χ1) is 6.47. The van der Waals surface area contributed by atoms with Crippen LogP contribution in [0.4, 0.5) is 0 Å². The van der Waals surface area contributed by atoms with Crippen LogP contribution in [0.1, 0.15) is 19.4 Å². The van der Waals surface area contributed by atoms with Gasteiger partial charge in [-0.2, -0.15) is 0 Å². The van der Waals surface area contributed by atoms with Crippen LogP contribution in [-0.2, 0) is 11.3 Å². The number of rotatable bonds is 4. The summed E-state index contributed by atoms with van der Waals surface area (Å²) in [5.41, 5.74) is 0.211. The minimum absolute atomic E-state index is 0.319. The molecule has 0 aromatic carbocycles. The number of ether oxygens (including phenoxy) is 1. The topological polar surface area (TPSA) is 42.4 Å². The van der Waals surface area contributed by atoms with Crippen molar-refractivity contribution in [2.45, 2.75) is 26.1 Å². The highest BCUT2D eigenvalue weighted by molar-refractivity contribution is 9.10. The van der Waals surface area contributed by atoms with Crippen molar-refractivity contribution >= 4 is 15.9 Å². The second-order valence-electron chi connectivity index (χ2n) is 3.82. The molecule has 0 saturated heterocycles. The molecule has 1 aromatic heterocycles. The van der Waals surface area contributed by atoms with E-state index in [0.717, 1.165) is 10.0 Å². The summed E-state index contributed by atoms with van der Waals surface area (Å²) in [6.07, 6.45) is 3.47. The summed E-state index contributed by atoms with van der Waals surface area (Å²) in [6, 6.07) is 1.94. The van der Waals surface area contributed by atoms with Crippen molar-refractivity contribution in [3.8, 4) is 0 Å². The lowest BCUT2D eigenvalue weighted by atomic mass is 10.2. The van der Waals surface area contributed by atoms with Gasteiger partial charge in [-0.25, -0.2) is 0 Å². The van der Waals surface area contributed by atoms with Crippen molar-refractivity contribution < 1.29 is 9.84 Å². The summed E-state index contributed by atoms with van der Waals surface area (Å²) in [6.45, 7) is 4.22. The van der Waals surface area contributed by atoms with Gasteiger partial charge in [0.05, 0.1) is 18.8 Å². The molecule has 1 N–H and O–H groups in total. The molecule has 14 heavy (non-hydrogen) atoms. The zero-order valence-electron chi connectivity index (χ0n) is 8.33. The van der Waals surface area contributed by atoms with Gasteiger partial charge >= 0.3 is 0 Å². The Morgan fingerprint density at radius 1 is 1.50 bits per heavy atom. The Morgan fingerprint density at radius 2 is 2.21 bits per heavy atom. The van der Waals surface area contributed by atoms with E-state index in [2.05, 4.69) is 20.9 Å². The SMILES string of the molecule is CC(C)(O)COCc1cncc(Br)c1. The first kappa shape index (κ1) is 11.6. The van der Waals surface area contributed by atoms with Crippen LogP contribution in [0.25, 0.3) is 0 Å². The molecule has 3 nitrogen and oxygen atoms in total. The molecule has 1 heterocycles. The van der Waals surface area contributed by atoms with Crippen molar-refractivity contribution in [2.24, 2.45) is 0 Å². The molecule has 0 atom stereocenters. The van der Waals surface area contributed by atoms with E-state index >= 15 is 0 Å². The minimum atomic E-state index is -0.778. The number of pyridine rings is 1. The number of hydrogen-bond donors (Lipinski definition) is 1. The van der Waals surface area contributed by atoms with Gasteiger partial charge in [0.25, 0.3) is 0 Å². The standard InChI is InChI=1S/C10H14BrNO2/c1-10(2,13)7-14-6-8-3-9(11)5-12-4-8/h3-5,13H,6-7H2,1-2H3. The highest BCUT2D eigenvalue weighted by atomic mass is 79.9. The van der Waals surface area contributed by atoms with Crippen molar-refractivity contribution in [1.29, 1.82) is 0 Å². The Balaban J connectivity index is 2.39. The molecule has 0 saturated carbocycles. The van der Waals surface area contributed by atoms with E-state index in [4.69, 9.17) is 4.74 Å². The summed E-state index contributed by atoms with van der Waals surface area (Å²) in [7, 11) is 0. The van der Waals surface area contributed by atoms with Gasteiger partial charge < -0.3 is 9.84 Å². The Hall–Kier alpha value is -0.450. The molecule has 0 spiro atoms. The molecule has 0 amide bonds. The lowest BCUT2D eigenvalue weighted by Crippen LogP contribution is -2.25. The highest BCUT2D eigenvalue weighted by Crippen LogP contribution is 2.11. The van der Waals surface area contributed by atoms with E-state index in [0.29, 0.717) is 13.2 Å². The van der Waals surface area contributed by atoms with Crippen LogP contribution in [0.2, 0.25) is 0 Å². The maximum absolute atomic E-state index is 9.40. The van der Waals surface area contributed by atoms with E-state index in [-0.39, 0.29) is 0 Å². The Kier molecular flexibility index (Phi) is 4.04. The summed E-state index contributed by atoms with van der Waals surface area (Å²) in [5, 5.41) is 9.40. The Bertz CT molecular complexity index is 296. The lowest BCUT2D eigenvalue weighted by Gasteiger charge is -2.16. The molecule has 0 fully saturated rings. The van der Waals surface area contributed by atoms with Crippen LogP contribution in [0.5, 0.6) is 0 Å². The van der Waals surface area contributed by atoms with Gasteiger partial charge in [0.1, 0.15) is 0 Å². The Labute approximate surface area is 92.3 Å². The number of halogens is 1. The van der Waals surface area contributed by atoms with Crippen LogP contribution in [0.3, 0.4) is 0 Å². The third-order valence-electron chi connectivity index (χ3n) is 1.49. The first-order valence-corrected chi connectivity index (χ1v) is 5.16. The van der Waals surface area contributed by atoms with E-state index in [1.807, 2.05) is 6.07 Å². The predicted octanol–water partition coefficient (Wildman–Crippen LogP) is 2.13. The van der Waals surface area contributed by atoms with Crippen molar-refractivity contribution in [2.75, 3.05) is 6.61 Å². The van der Waals surface area contributed by atoms with Crippen LogP contribution < -0.4 is 0 Å². The Morgan fingerprint density at radius 3 is 2.79 bits per heavy atom. The van der Waals surface area contributed by atoms with Crippen LogP contribution in [0.15, 0.2) is 22.9 Å². The molecule has 0 aliphatic heterocycles. The smallest absolute Gasteiger partial charge is 0.0824 e. The van der Waals surface area contributed by atoms with Crippen molar-refractivity contribution in [3.05, 3.63) is 28.5 Å². The second kappa shape index (κ2) is 4.87. The van der Waals surface area contributed by atoms with Crippen molar-refractivity contribution in [3.63, 3.8) is 0 Å². The van der Waals surface area contributed by atoms with E-state index in [1.54, 1.807) is 26.2 Å². The highest BCUT2D eigenvalue weighted by Gasteiger charge is 2.12. The number of aromatic nitrogens is 1. The molecular formula is C10H14BrNO2. The monoisotopic (exact) mass is 259 g/mol. The molecule has 0 bridgehead atoms. The maximum Gasteiger partial charge on any atom is 0.0824 e. The minimum Gasteiger partial charge on any atom is -0.388 e. The van der Waals surface area contributed by atoms with Gasteiger partial charge in [0, 0.05) is 16.9 Å². The molecule has 1 aromatic rings. The third-order valence-corrected chi connectivity index (χ3v) is 1.92. The number of aliphatic hydroxyl groups is 1. The fraction of sp³-hybridized carbons (Fsp3) is 0.500. The zero-order valence-corrected chi connectivity index (χ0v) is 9.91. The average Bonchev–Trinajstić information content (AvgIpc) is 2.01. The van der Waals surface area contributed by atoms with Gasteiger partial charge in [-0.05, 0) is 41.4 Å². The van der Waals surface area contributed by atoms with Crippen LogP contribution >= 0.6 is 15.9 Å². The molecule has 0 radical (unpaired) electrons. The molecule has 0 unspecified atom stereocenters. The maximum atomic E-state index is 9.40. The largest absolute Gasteiger partial charge is 0.388 e. The molecule has 4 heteroatoms. The summed E-state index contributed by atoms with van der Waals surface area (Å²) >= 11 is 3.33. The molecule has 1 rings (SSSR count). The first-order valence-electron chi connectivity index (χ1n) is 4.37. The summed E-state index contributed by atoms with van der Waals surface area (Å²) in [4.78, 5) is 4.01. The van der Waals surface area contributed by atoms with Crippen molar-refractivity contribution in [1.82, 2.24) is 4.98 Å². The van der Waals surface area contributed by atoms with Gasteiger partial charge in [-0.1, -0.05) is 0 Å². The van der Waals surface area contributed by atoms with E-state index in [1.165, 1.54) is 0 Å². The van der Waals surface area contributed by atoms with Crippen LogP contribution in [0, 0.1) is 0 Å². The molecular weight excluding hydrogens is 246 g/mol. The zero-order chi connectivity index (χ0) is 10.6. The summed E-state index contributed by atoms with van der Waals surface area (Å²) in [5.74, 6) is 0. The van der Waals surface area contributed by atoms with Gasteiger partial charge in [0.15, 0.2) is 0 Å². The average molecular weight is 260 g/mol. The van der Waals surface area contributed by atoms with E-state index < -0.39 is 5.60 Å². The molecule has 0 aliphatic rings. The quantitative estimate of drug-likeness (QED) is 0.901. The van der Waals surface area contributed by atoms with Gasteiger partial charge in [0.2, 0.25) is 0 Å². The van der Waals surface area contributed by atoms with Gasteiger partial charge in [-0.15, -0.1) is 0 Å². The normalized spacial score (nSPS) is 11.7. The van der Waals surface area contributed by atoms with E-state index in [9.17, 15) is 5.11 Å².